The first-order chi connectivity index (χ1) is 30.6. The number of nitrogens with one attached hydrogen (secondary N) is 1. The lowest BCUT2D eigenvalue weighted by Crippen LogP contribution is -2.49. The monoisotopic (exact) mass is 974 g/mol. The molecule has 2 fully saturated rings. The van der Waals surface area contributed by atoms with Gasteiger partial charge in [0.05, 0.1) is 24.1 Å². The average Bonchev–Trinajstić information content (AvgIpc) is 3.82. The molecule has 21 heteroatoms. The minimum Gasteiger partial charge on any atom is -0.444 e. The topological polar surface area (TPSA) is 169 Å². The van der Waals surface area contributed by atoms with Crippen molar-refractivity contribution in [2.75, 3.05) is 36.0 Å². The highest BCUT2D eigenvalue weighted by molar-refractivity contribution is 6.31. The van der Waals surface area contributed by atoms with Crippen LogP contribution >= 0.6 is 35.6 Å². The summed E-state index contributed by atoms with van der Waals surface area (Å²) in [4.78, 5) is 67.8. The van der Waals surface area contributed by atoms with E-state index in [1.165, 1.54) is 59.6 Å². The van der Waals surface area contributed by atoms with Crippen LogP contribution in [0.1, 0.15) is 57.6 Å². The van der Waals surface area contributed by atoms with Crippen LogP contribution in [0.3, 0.4) is 0 Å². The van der Waals surface area contributed by atoms with Crippen LogP contribution in [0.15, 0.2) is 67.7 Å². The second-order valence-corrected chi connectivity index (χ2v) is 18.6. The van der Waals surface area contributed by atoms with Crippen LogP contribution in [0.4, 0.5) is 25.2 Å². The molecule has 0 bridgehead atoms. The molecular weight excluding hydrogens is 921 g/mol. The lowest BCUT2D eigenvalue weighted by molar-refractivity contribution is 0.0499. The van der Waals surface area contributed by atoms with Gasteiger partial charge in [0.25, 0.3) is 11.1 Å². The maximum atomic E-state index is 14.1. The van der Waals surface area contributed by atoms with E-state index in [9.17, 15) is 32.8 Å². The molecule has 2 aliphatic rings. The van der Waals surface area contributed by atoms with Gasteiger partial charge in [-0.05, 0) is 94.0 Å². The zero-order valence-corrected chi connectivity index (χ0v) is 40.2. The summed E-state index contributed by atoms with van der Waals surface area (Å²) >= 11 is 12.7. The van der Waals surface area contributed by atoms with Crippen molar-refractivity contribution in [2.45, 2.75) is 77.2 Å². The van der Waals surface area contributed by atoms with Crippen molar-refractivity contribution in [2.24, 2.45) is 33.9 Å². The number of hydrogen-bond acceptors (Lipinski definition) is 9. The predicted octanol–water partition coefficient (Wildman–Crippen LogP) is 5.60. The van der Waals surface area contributed by atoms with E-state index in [1.54, 1.807) is 45.5 Å². The van der Waals surface area contributed by atoms with Crippen molar-refractivity contribution < 1.29 is 18.3 Å². The lowest BCUT2D eigenvalue weighted by Gasteiger charge is -2.35. The largest absolute Gasteiger partial charge is 0.444 e. The zero-order chi connectivity index (χ0) is 47.2. The number of hydrogen-bond donors (Lipinski definition) is 2. The Morgan fingerprint density at radius 1 is 0.712 bits per heavy atom. The maximum Gasteiger partial charge on any atom is 0.407 e. The Labute approximate surface area is 395 Å². The molecule has 0 spiro atoms. The van der Waals surface area contributed by atoms with Crippen molar-refractivity contribution in [1.82, 2.24) is 32.7 Å². The molecule has 1 amide bonds. The summed E-state index contributed by atoms with van der Waals surface area (Å²) in [7, 11) is 6.12. The number of nitrogens with two attached hydrogens (primary N) is 1. The number of rotatable bonds is 7. The van der Waals surface area contributed by atoms with Crippen LogP contribution < -0.4 is 43.3 Å². The normalized spacial score (nSPS) is 16.5. The average molecular weight is 976 g/mol. The van der Waals surface area contributed by atoms with Crippen LogP contribution in [-0.4, -0.2) is 77.4 Å². The highest BCUT2D eigenvalue weighted by Gasteiger charge is 2.29. The number of aromatic nitrogens is 6. The molecule has 4 aromatic heterocycles. The summed E-state index contributed by atoms with van der Waals surface area (Å²) in [6.07, 6.45) is 2.94. The molecule has 2 saturated heterocycles. The van der Waals surface area contributed by atoms with Crippen molar-refractivity contribution in [3.8, 4) is 0 Å². The molecule has 0 aliphatic carbocycles. The van der Waals surface area contributed by atoms with Gasteiger partial charge in [-0.2, -0.15) is 0 Å². The summed E-state index contributed by atoms with van der Waals surface area (Å²) in [6.45, 7) is 8.32. The summed E-state index contributed by atoms with van der Waals surface area (Å²) in [5.41, 5.74) is 6.62. The number of ether oxygens (including phenoxy) is 1. The summed E-state index contributed by atoms with van der Waals surface area (Å²) in [6, 6.07) is 11.7. The predicted molar refractivity (Wildman–Crippen MR) is 257 cm³/mol. The second-order valence-electron chi connectivity index (χ2n) is 17.8. The fraction of sp³-hybridized carbons (Fsp3) is 0.444. The molecule has 0 radical (unpaired) electrons. The fourth-order valence-corrected chi connectivity index (χ4v) is 9.02. The third-order valence-electron chi connectivity index (χ3n) is 11.9. The van der Waals surface area contributed by atoms with E-state index in [0.29, 0.717) is 68.7 Å². The molecule has 6 heterocycles. The molecular formula is C45H55Cl3F2N10O6. The number of benzene rings is 2. The summed E-state index contributed by atoms with van der Waals surface area (Å²) in [5.74, 6) is 0.614. The lowest BCUT2D eigenvalue weighted by atomic mass is 10.1. The Balaban J connectivity index is 0.000000220. The molecule has 3 N–H and O–H groups in total. The first kappa shape index (κ1) is 49.9. The number of amides is 1. The molecule has 66 heavy (non-hydrogen) atoms. The molecule has 2 atom stereocenters. The Morgan fingerprint density at radius 3 is 1.59 bits per heavy atom. The standard InChI is InChI=1S/C25H31ClFN5O4.C20H23ClFN5O2.ClH/c1-25(2,3)36-23(34)28-17-7-6-10-31(14-17)20-12-19-21(22(33)30(5)24(35)29(19)4)32(20)13-15-11-16(27)8-9-18(15)26;1-24-16-9-17(26-7-3-4-14(23)11-26)27(18(16)19(28)25(2)20(24)29)10-12-8-13(22)5-6-15(12)21;/h8-9,11-12,17H,6-7,10,13-14H2,1-5H3,(H,28,34);5-6,8-9,14H,3-4,7,10-11,23H2,1-2H3;1H/t17-;14-;/m11./s1. The van der Waals surface area contributed by atoms with Gasteiger partial charge in [-0.25, -0.2) is 23.2 Å². The van der Waals surface area contributed by atoms with Gasteiger partial charge in [0.15, 0.2) is 0 Å². The number of piperidine rings is 2. The van der Waals surface area contributed by atoms with E-state index in [0.717, 1.165) is 47.2 Å². The number of halogens is 5. The van der Waals surface area contributed by atoms with Crippen LogP contribution in [0.25, 0.3) is 22.1 Å². The molecule has 2 aromatic carbocycles. The number of anilines is 2. The van der Waals surface area contributed by atoms with Crippen molar-refractivity contribution in [1.29, 1.82) is 0 Å². The van der Waals surface area contributed by atoms with Crippen LogP contribution in [0, 0.1) is 11.6 Å². The number of nitrogens with zero attached hydrogens (tertiary/aromatic N) is 8. The van der Waals surface area contributed by atoms with Gasteiger partial charge in [-0.1, -0.05) is 23.2 Å². The van der Waals surface area contributed by atoms with Crippen molar-refractivity contribution in [3.63, 3.8) is 0 Å². The quantitative estimate of drug-likeness (QED) is 0.207. The molecule has 16 nitrogen and oxygen atoms in total. The van der Waals surface area contributed by atoms with E-state index in [1.807, 2.05) is 10.6 Å². The van der Waals surface area contributed by atoms with Gasteiger partial charge >= 0.3 is 17.5 Å². The van der Waals surface area contributed by atoms with Crippen LogP contribution in [-0.2, 0) is 46.0 Å². The van der Waals surface area contributed by atoms with Gasteiger partial charge in [-0.15, -0.1) is 12.4 Å². The van der Waals surface area contributed by atoms with E-state index in [4.69, 9.17) is 33.7 Å². The van der Waals surface area contributed by atoms with Gasteiger partial charge in [0, 0.05) is 88.6 Å². The van der Waals surface area contributed by atoms with Gasteiger partial charge < -0.3 is 34.7 Å². The highest BCUT2D eigenvalue weighted by Crippen LogP contribution is 2.31. The molecule has 356 valence electrons. The van der Waals surface area contributed by atoms with Gasteiger partial charge in [0.1, 0.15) is 39.9 Å². The fourth-order valence-electron chi connectivity index (χ4n) is 8.66. The van der Waals surface area contributed by atoms with Crippen LogP contribution in [0.2, 0.25) is 10.0 Å². The second kappa shape index (κ2) is 19.7. The van der Waals surface area contributed by atoms with Gasteiger partial charge in [0.2, 0.25) is 0 Å². The number of carbonyl (C=O) groups is 1. The highest BCUT2D eigenvalue weighted by atomic mass is 35.5. The van der Waals surface area contributed by atoms with E-state index < -0.39 is 45.8 Å². The number of carbonyl (C=O) groups excluding carboxylic acids is 1. The number of fused-ring (bicyclic) bond motifs is 2. The summed E-state index contributed by atoms with van der Waals surface area (Å²) in [5, 5.41) is 3.71. The smallest absolute Gasteiger partial charge is 0.407 e. The molecule has 0 saturated carbocycles. The minimum atomic E-state index is -0.611. The van der Waals surface area contributed by atoms with E-state index >= 15 is 0 Å². The molecule has 0 unspecified atom stereocenters. The first-order valence-corrected chi connectivity index (χ1v) is 22.1. The summed E-state index contributed by atoms with van der Waals surface area (Å²) < 4.78 is 41.9. The molecule has 2 aliphatic heterocycles. The number of aryl methyl sites for hydroxylation is 2. The molecule has 8 rings (SSSR count). The third-order valence-corrected chi connectivity index (χ3v) is 12.7. The Kier molecular flexibility index (Phi) is 14.9. The Bertz CT molecular complexity index is 3060. The third kappa shape index (κ3) is 10.2. The SMILES string of the molecule is Cl.Cn1c(=O)c2c(cc(N3CCC[C@@H](N)C3)n2Cc2cc(F)ccc2Cl)n(C)c1=O.Cn1c(=O)c2c(cc(N3CCC[C@@H](NC(=O)OC(C)(C)C)C3)n2Cc2cc(F)ccc2Cl)n(C)c1=O. The Morgan fingerprint density at radius 2 is 1.15 bits per heavy atom. The van der Waals surface area contributed by atoms with Gasteiger partial charge in [-0.3, -0.25) is 27.9 Å². The van der Waals surface area contributed by atoms with E-state index in [2.05, 4.69) is 15.1 Å². The maximum absolute atomic E-state index is 14.1. The molecule has 6 aromatic rings. The number of alkyl carbamates (subject to hydrolysis) is 1. The van der Waals surface area contributed by atoms with Crippen molar-refractivity contribution in [3.05, 3.63) is 123 Å². The van der Waals surface area contributed by atoms with Crippen LogP contribution in [0.5, 0.6) is 0 Å². The van der Waals surface area contributed by atoms with E-state index in [-0.39, 0.29) is 37.6 Å². The van der Waals surface area contributed by atoms with Crippen molar-refractivity contribution >= 4 is 75.4 Å². The Hall–Kier alpha value is -5.56. The first-order valence-electron chi connectivity index (χ1n) is 21.3. The minimum absolute atomic E-state index is 0. The zero-order valence-electron chi connectivity index (χ0n) is 37.9.